The molecule has 0 bridgehead atoms. The fourth-order valence-corrected chi connectivity index (χ4v) is 3.71. The zero-order valence-corrected chi connectivity index (χ0v) is 15.2. The standard InChI is InChI=1S/C21H20FN3O3/c22-16-8-2-1-6-14(16)13-25-18-10-4-3-9-17(18)23-19(20(25)26)24-11-5-7-15(12-24)21(27)28/h1-4,6,8-10,15H,5,7,11-13H2,(H,27,28). The second-order valence-corrected chi connectivity index (χ2v) is 7.03. The van der Waals surface area contributed by atoms with Crippen LogP contribution in [-0.2, 0) is 11.3 Å². The third-order valence-electron chi connectivity index (χ3n) is 5.19. The largest absolute Gasteiger partial charge is 0.481 e. The van der Waals surface area contributed by atoms with Crippen molar-refractivity contribution in [2.24, 2.45) is 5.92 Å². The van der Waals surface area contributed by atoms with Gasteiger partial charge in [-0.15, -0.1) is 0 Å². The maximum absolute atomic E-state index is 14.2. The van der Waals surface area contributed by atoms with Crippen LogP contribution in [0.5, 0.6) is 0 Å². The van der Waals surface area contributed by atoms with Crippen LogP contribution in [0.1, 0.15) is 18.4 Å². The number of nitrogens with zero attached hydrogens (tertiary/aromatic N) is 3. The van der Waals surface area contributed by atoms with Crippen molar-refractivity contribution in [2.75, 3.05) is 18.0 Å². The zero-order chi connectivity index (χ0) is 19.7. The summed E-state index contributed by atoms with van der Waals surface area (Å²) in [4.78, 5) is 30.9. The maximum atomic E-state index is 14.2. The number of para-hydroxylation sites is 2. The number of carbonyl (C=O) groups is 1. The Hall–Kier alpha value is -3.22. The number of piperidine rings is 1. The summed E-state index contributed by atoms with van der Waals surface area (Å²) in [6, 6.07) is 13.6. The predicted octanol–water partition coefficient (Wildman–Crippen LogP) is 2.88. The number of rotatable bonds is 4. The monoisotopic (exact) mass is 381 g/mol. The van der Waals surface area contributed by atoms with Gasteiger partial charge in [0.2, 0.25) is 0 Å². The Labute approximate surface area is 160 Å². The summed E-state index contributed by atoms with van der Waals surface area (Å²) in [6.07, 6.45) is 1.26. The van der Waals surface area contributed by atoms with E-state index in [2.05, 4.69) is 4.98 Å². The van der Waals surface area contributed by atoms with Crippen LogP contribution < -0.4 is 10.5 Å². The van der Waals surface area contributed by atoms with Gasteiger partial charge in [-0.2, -0.15) is 0 Å². The molecule has 0 spiro atoms. The molecule has 1 N–H and O–H groups in total. The summed E-state index contributed by atoms with van der Waals surface area (Å²) < 4.78 is 15.7. The summed E-state index contributed by atoms with van der Waals surface area (Å²) in [7, 11) is 0. The van der Waals surface area contributed by atoms with Crippen LogP contribution in [0.2, 0.25) is 0 Å². The third-order valence-corrected chi connectivity index (χ3v) is 5.19. The molecular formula is C21H20FN3O3. The van der Waals surface area contributed by atoms with E-state index in [0.29, 0.717) is 36.0 Å². The molecule has 7 heteroatoms. The molecule has 1 aliphatic rings. The maximum Gasteiger partial charge on any atom is 0.308 e. The van der Waals surface area contributed by atoms with Gasteiger partial charge in [-0.1, -0.05) is 30.3 Å². The molecule has 0 saturated carbocycles. The van der Waals surface area contributed by atoms with Crippen molar-refractivity contribution in [2.45, 2.75) is 19.4 Å². The highest BCUT2D eigenvalue weighted by atomic mass is 19.1. The predicted molar refractivity (Wildman–Crippen MR) is 104 cm³/mol. The summed E-state index contributed by atoms with van der Waals surface area (Å²) in [5.41, 5.74) is 1.30. The molecule has 0 aliphatic carbocycles. The summed E-state index contributed by atoms with van der Waals surface area (Å²) >= 11 is 0. The molecule has 3 aromatic rings. The number of aliphatic carboxylic acids is 1. The van der Waals surface area contributed by atoms with Crippen LogP contribution in [0, 0.1) is 11.7 Å². The SMILES string of the molecule is O=C(O)C1CCCN(c2nc3ccccc3n(Cc3ccccc3F)c2=O)C1. The number of aromatic nitrogens is 2. The highest BCUT2D eigenvalue weighted by Gasteiger charge is 2.28. The fourth-order valence-electron chi connectivity index (χ4n) is 3.71. The zero-order valence-electron chi connectivity index (χ0n) is 15.2. The number of carboxylic acids is 1. The number of anilines is 1. The quantitative estimate of drug-likeness (QED) is 0.752. The van der Waals surface area contributed by atoms with E-state index in [4.69, 9.17) is 0 Å². The van der Waals surface area contributed by atoms with Gasteiger partial charge in [-0.05, 0) is 31.0 Å². The molecule has 144 valence electrons. The summed E-state index contributed by atoms with van der Waals surface area (Å²) in [6.45, 7) is 0.900. The van der Waals surface area contributed by atoms with E-state index in [1.807, 2.05) is 12.1 Å². The van der Waals surface area contributed by atoms with E-state index in [1.54, 1.807) is 35.2 Å². The van der Waals surface area contributed by atoms with Gasteiger partial charge >= 0.3 is 5.97 Å². The number of halogens is 1. The molecule has 2 aromatic carbocycles. The van der Waals surface area contributed by atoms with E-state index in [9.17, 15) is 19.1 Å². The van der Waals surface area contributed by atoms with Crippen LogP contribution >= 0.6 is 0 Å². The lowest BCUT2D eigenvalue weighted by Gasteiger charge is -2.31. The molecule has 0 amide bonds. The van der Waals surface area contributed by atoms with E-state index < -0.39 is 11.9 Å². The van der Waals surface area contributed by atoms with Crippen molar-refractivity contribution in [1.82, 2.24) is 9.55 Å². The van der Waals surface area contributed by atoms with Crippen molar-refractivity contribution >= 4 is 22.8 Å². The molecule has 1 fully saturated rings. The van der Waals surface area contributed by atoms with Gasteiger partial charge in [0.15, 0.2) is 5.82 Å². The fraction of sp³-hybridized carbons (Fsp3) is 0.286. The topological polar surface area (TPSA) is 75.4 Å². The minimum atomic E-state index is -0.864. The number of carboxylic acid groups (broad SMARTS) is 1. The average molecular weight is 381 g/mol. The van der Waals surface area contributed by atoms with Crippen LogP contribution in [0.3, 0.4) is 0 Å². The van der Waals surface area contributed by atoms with E-state index in [0.717, 1.165) is 0 Å². The van der Waals surface area contributed by atoms with Gasteiger partial charge < -0.3 is 10.0 Å². The number of fused-ring (bicyclic) bond motifs is 1. The first-order chi connectivity index (χ1) is 13.5. The molecular weight excluding hydrogens is 361 g/mol. The Morgan fingerprint density at radius 3 is 2.71 bits per heavy atom. The van der Waals surface area contributed by atoms with Gasteiger partial charge in [-0.25, -0.2) is 9.37 Å². The first kappa shape index (κ1) is 18.2. The van der Waals surface area contributed by atoms with Crippen molar-refractivity contribution in [3.8, 4) is 0 Å². The molecule has 1 aromatic heterocycles. The molecule has 1 aliphatic heterocycles. The molecule has 28 heavy (non-hydrogen) atoms. The number of hydrogen-bond donors (Lipinski definition) is 1. The highest BCUT2D eigenvalue weighted by molar-refractivity contribution is 5.77. The second kappa shape index (κ2) is 7.42. The Kier molecular flexibility index (Phi) is 4.81. The van der Waals surface area contributed by atoms with E-state index in [1.165, 1.54) is 10.6 Å². The first-order valence-electron chi connectivity index (χ1n) is 9.25. The Morgan fingerprint density at radius 2 is 1.93 bits per heavy atom. The smallest absolute Gasteiger partial charge is 0.308 e. The van der Waals surface area contributed by atoms with Crippen LogP contribution in [-0.4, -0.2) is 33.7 Å². The van der Waals surface area contributed by atoms with Crippen LogP contribution in [0.25, 0.3) is 11.0 Å². The molecule has 4 rings (SSSR count). The van der Waals surface area contributed by atoms with Crippen molar-refractivity contribution < 1.29 is 14.3 Å². The summed E-state index contributed by atoms with van der Waals surface area (Å²) in [5.74, 6) is -1.54. The van der Waals surface area contributed by atoms with Crippen molar-refractivity contribution in [1.29, 1.82) is 0 Å². The molecule has 6 nitrogen and oxygen atoms in total. The lowest BCUT2D eigenvalue weighted by Crippen LogP contribution is -2.42. The average Bonchev–Trinajstić information content (AvgIpc) is 2.71. The van der Waals surface area contributed by atoms with E-state index >= 15 is 0 Å². The first-order valence-corrected chi connectivity index (χ1v) is 9.25. The minimum Gasteiger partial charge on any atom is -0.481 e. The molecule has 1 atom stereocenters. The second-order valence-electron chi connectivity index (χ2n) is 7.03. The van der Waals surface area contributed by atoms with Crippen molar-refractivity contribution in [3.63, 3.8) is 0 Å². The lowest BCUT2D eigenvalue weighted by atomic mass is 9.98. The summed E-state index contributed by atoms with van der Waals surface area (Å²) in [5, 5.41) is 9.35. The van der Waals surface area contributed by atoms with Gasteiger partial charge in [0.25, 0.3) is 5.56 Å². The van der Waals surface area contributed by atoms with Gasteiger partial charge in [0, 0.05) is 18.7 Å². The van der Waals surface area contributed by atoms with E-state index in [-0.39, 0.29) is 30.3 Å². The highest BCUT2D eigenvalue weighted by Crippen LogP contribution is 2.22. The molecule has 1 unspecified atom stereocenters. The van der Waals surface area contributed by atoms with Crippen LogP contribution in [0.4, 0.5) is 10.2 Å². The van der Waals surface area contributed by atoms with Crippen LogP contribution in [0.15, 0.2) is 53.3 Å². The molecule has 0 radical (unpaired) electrons. The minimum absolute atomic E-state index is 0.0811. The van der Waals surface area contributed by atoms with Crippen molar-refractivity contribution in [3.05, 3.63) is 70.3 Å². The van der Waals surface area contributed by atoms with Gasteiger partial charge in [-0.3, -0.25) is 14.2 Å². The number of benzene rings is 2. The van der Waals surface area contributed by atoms with Gasteiger partial charge in [0.1, 0.15) is 5.82 Å². The van der Waals surface area contributed by atoms with Gasteiger partial charge in [0.05, 0.1) is 23.5 Å². The third kappa shape index (κ3) is 3.35. The molecule has 1 saturated heterocycles. The lowest BCUT2D eigenvalue weighted by molar-refractivity contribution is -0.141. The Bertz CT molecular complexity index is 1100. The number of hydrogen-bond acceptors (Lipinski definition) is 4. The normalized spacial score (nSPS) is 17.0. The Balaban J connectivity index is 1.83. The molecule has 2 heterocycles. The Morgan fingerprint density at radius 1 is 1.18 bits per heavy atom.